The molecule has 28 heteroatoms. The summed E-state index contributed by atoms with van der Waals surface area (Å²) in [6.45, 7) is 11.6. The van der Waals surface area contributed by atoms with E-state index in [0.717, 1.165) is 137 Å². The number of anilines is 6. The van der Waals surface area contributed by atoms with Crippen molar-refractivity contribution < 1.29 is 42.6 Å². The van der Waals surface area contributed by atoms with E-state index in [1.165, 1.54) is 27.6 Å². The van der Waals surface area contributed by atoms with Crippen LogP contribution in [0.5, 0.6) is 17.2 Å². The number of thiazole rings is 1. The first kappa shape index (κ1) is 90.0. The van der Waals surface area contributed by atoms with Crippen LogP contribution in [0.25, 0.3) is 101 Å². The van der Waals surface area contributed by atoms with Gasteiger partial charge in [0.25, 0.3) is 11.8 Å². The number of aromatic amines is 3. The Morgan fingerprint density at radius 2 is 1.34 bits per heavy atom. The van der Waals surface area contributed by atoms with Gasteiger partial charge in [-0.05, 0) is 211 Å². The number of aliphatic hydroxyl groups excluding tert-OH is 1. The van der Waals surface area contributed by atoms with E-state index in [-0.39, 0.29) is 23.5 Å². The molecule has 0 saturated heterocycles. The molecule has 10 N–H and O–H groups in total. The number of fused-ring (bicyclic) bond motifs is 5. The van der Waals surface area contributed by atoms with Crippen LogP contribution in [0, 0.1) is 45.4 Å². The van der Waals surface area contributed by atoms with Crippen LogP contribution in [0.1, 0.15) is 92.1 Å². The number of nitrogen functional groups attached to an aromatic ring is 1. The second-order valence-electron chi connectivity index (χ2n) is 30.8. The Balaban J connectivity index is 0.000000127. The summed E-state index contributed by atoms with van der Waals surface area (Å²) in [7, 11) is 7.24. The predicted octanol–water partition coefficient (Wildman–Crippen LogP) is 21.2. The minimum atomic E-state index is -0.977. The monoisotopic (exact) mass is 1780 g/mol. The molecule has 0 aliphatic carbocycles. The number of carbonyl (C=O) groups is 3. The lowest BCUT2D eigenvalue weighted by Gasteiger charge is -2.11. The summed E-state index contributed by atoms with van der Waals surface area (Å²) >= 11 is 3.31. The van der Waals surface area contributed by atoms with E-state index >= 15 is 0 Å². The predicted molar refractivity (Wildman–Crippen MR) is 520 cm³/mol. The number of para-hydroxylation sites is 1. The number of nitrogens with two attached hydrogens (primary N) is 1. The molecular formula is C103H94FN17O8S2. The molecule has 1 unspecified atom stereocenters. The van der Waals surface area contributed by atoms with Crippen LogP contribution < -0.4 is 41.2 Å². The molecule has 1 atom stereocenters. The average molecular weight is 1780 g/mol. The molecule has 17 aromatic rings. The van der Waals surface area contributed by atoms with Crippen molar-refractivity contribution in [3.63, 3.8) is 0 Å². The van der Waals surface area contributed by atoms with Crippen LogP contribution in [0.2, 0.25) is 0 Å². The number of halogens is 1. The molecule has 658 valence electrons. The van der Waals surface area contributed by atoms with Gasteiger partial charge in [-0.1, -0.05) is 133 Å². The van der Waals surface area contributed by atoms with Crippen molar-refractivity contribution in [3.05, 3.63) is 327 Å². The molecule has 9 aromatic heterocycles. The van der Waals surface area contributed by atoms with Gasteiger partial charge in [0, 0.05) is 86.4 Å². The lowest BCUT2D eigenvalue weighted by Crippen LogP contribution is -2.15. The molecule has 8 aromatic carbocycles. The summed E-state index contributed by atoms with van der Waals surface area (Å²) in [5.74, 6) is 9.09. The number of ether oxygens (including phenoxy) is 3. The third kappa shape index (κ3) is 22.2. The summed E-state index contributed by atoms with van der Waals surface area (Å²) in [4.78, 5) is 74.9. The van der Waals surface area contributed by atoms with Crippen molar-refractivity contribution in [2.75, 3.05) is 68.5 Å². The minimum Gasteiger partial charge on any atom is -0.495 e. The van der Waals surface area contributed by atoms with Crippen LogP contribution in [-0.4, -0.2) is 124 Å². The number of aliphatic hydroxyl groups is 1. The summed E-state index contributed by atoms with van der Waals surface area (Å²) in [5.41, 5.74) is 27.5. The molecule has 25 nitrogen and oxygen atoms in total. The van der Waals surface area contributed by atoms with Crippen LogP contribution >= 0.6 is 22.7 Å². The van der Waals surface area contributed by atoms with E-state index in [9.17, 15) is 23.9 Å². The van der Waals surface area contributed by atoms with Crippen molar-refractivity contribution in [3.8, 4) is 84.6 Å². The lowest BCUT2D eigenvalue weighted by molar-refractivity contribution is -0.115. The van der Waals surface area contributed by atoms with Crippen molar-refractivity contribution in [2.24, 2.45) is 0 Å². The van der Waals surface area contributed by atoms with E-state index in [1.807, 2.05) is 210 Å². The lowest BCUT2D eigenvalue weighted by atomic mass is 9.99. The molecule has 0 fully saturated rings. The van der Waals surface area contributed by atoms with Gasteiger partial charge in [0.05, 0.1) is 116 Å². The molecule has 3 amide bonds. The van der Waals surface area contributed by atoms with E-state index in [4.69, 9.17) is 29.5 Å². The maximum absolute atomic E-state index is 13.5. The third-order valence-electron chi connectivity index (χ3n) is 21.1. The Morgan fingerprint density at radius 1 is 0.656 bits per heavy atom. The van der Waals surface area contributed by atoms with Crippen LogP contribution in [0.4, 0.5) is 38.9 Å². The van der Waals surface area contributed by atoms with Crippen molar-refractivity contribution in [1.82, 2.24) is 60.1 Å². The summed E-state index contributed by atoms with van der Waals surface area (Å²) in [6.07, 6.45) is 13.0. The Morgan fingerprint density at radius 3 is 2.04 bits per heavy atom. The zero-order valence-electron chi connectivity index (χ0n) is 73.3. The maximum atomic E-state index is 13.5. The number of nitrogens with zero attached hydrogens (tertiary/aromatic N) is 9. The average Bonchev–Trinajstić information content (AvgIpc) is 1.62. The number of H-pyrrole nitrogens is 3. The zero-order chi connectivity index (χ0) is 91.4. The van der Waals surface area contributed by atoms with Gasteiger partial charge >= 0.3 is 0 Å². The number of amides is 3. The number of pyridine rings is 1. The molecule has 0 bridgehead atoms. The number of nitrogens with one attached hydrogen (secondary N) is 7. The van der Waals surface area contributed by atoms with Gasteiger partial charge < -0.3 is 65.7 Å². The quantitative estimate of drug-likeness (QED) is 0.0173. The second kappa shape index (κ2) is 42.2. The largest absolute Gasteiger partial charge is 0.495 e. The highest BCUT2D eigenvalue weighted by Crippen LogP contribution is 2.43. The number of aryl methyl sites for hydroxylation is 5. The third-order valence-corrected chi connectivity index (χ3v) is 23.1. The smallest absolute Gasteiger partial charge is 0.256 e. The van der Waals surface area contributed by atoms with Crippen LogP contribution in [-0.2, 0) is 27.2 Å². The normalized spacial score (nSPS) is 12.5. The molecule has 131 heavy (non-hydrogen) atoms. The summed E-state index contributed by atoms with van der Waals surface area (Å²) in [6, 6.07) is 69.9. The molecule has 19 rings (SSSR count). The number of aromatic nitrogens is 11. The fourth-order valence-corrected chi connectivity index (χ4v) is 16.5. The Hall–Kier alpha value is -15.8. The first-order valence-electron chi connectivity index (χ1n) is 42.2. The number of hydrogen-bond acceptors (Lipinski definition) is 21. The molecule has 2 aliphatic heterocycles. The number of thiophene rings is 1. The number of carbonyl (C=O) groups excluding carboxylic acids is 3. The molecule has 0 saturated carbocycles. The fraction of sp³-hybridized carbons (Fsp3) is 0.155. The molecular weight excluding hydrogens is 1690 g/mol. The van der Waals surface area contributed by atoms with E-state index in [1.54, 1.807) is 92.0 Å². The van der Waals surface area contributed by atoms with Crippen molar-refractivity contribution >= 4 is 120 Å². The maximum Gasteiger partial charge on any atom is 0.256 e. The van der Waals surface area contributed by atoms with E-state index in [0.29, 0.717) is 92.5 Å². The minimum absolute atomic E-state index is 0.0717. The van der Waals surface area contributed by atoms with E-state index in [2.05, 4.69) is 126 Å². The Labute approximate surface area is 764 Å². The summed E-state index contributed by atoms with van der Waals surface area (Å²) in [5, 5.41) is 37.9. The number of benzene rings is 8. The van der Waals surface area contributed by atoms with Gasteiger partial charge in [-0.15, -0.1) is 22.7 Å². The highest BCUT2D eigenvalue weighted by Gasteiger charge is 2.30. The van der Waals surface area contributed by atoms with Gasteiger partial charge in [0.15, 0.2) is 0 Å². The van der Waals surface area contributed by atoms with Crippen molar-refractivity contribution in [2.45, 2.75) is 66.4 Å². The van der Waals surface area contributed by atoms with Crippen LogP contribution in [0.15, 0.2) is 259 Å². The number of rotatable bonds is 22. The number of methoxy groups -OCH3 is 2. The Kier molecular flexibility index (Phi) is 29.0. The molecule has 11 heterocycles. The molecule has 0 radical (unpaired) electrons. The second-order valence-corrected chi connectivity index (χ2v) is 32.9. The SMILES string of the molecule is CCCc1nc(-c2cccc(C)c2)c(-c2ccnc(N)c2)s1.COc1cc[nH]c1/C=C1\C(=O)Nc2ccc3nc(C)c(C)nc3c21.COc1cc[nH]c1/C=C1\C(=O)Nc2cccc(C#CC(O)c3ccc(OCCCN(C)C)cc3)c21.Cc1onc(-c2ccccc2)c1-c1ccnc(Nc2ccccc2)n1.O=C(Cc1cccs1)Nc1ccc2[nH]nc(-c3cccc(F)c3)c2c1. The topological polar surface area (TPSA) is 340 Å². The first-order chi connectivity index (χ1) is 63.7. The first-order valence-corrected chi connectivity index (χ1v) is 43.9. The highest BCUT2D eigenvalue weighted by molar-refractivity contribution is 7.15. The van der Waals surface area contributed by atoms with Gasteiger partial charge in [-0.25, -0.2) is 34.3 Å². The van der Waals surface area contributed by atoms with Crippen molar-refractivity contribution in [1.29, 1.82) is 0 Å². The fourth-order valence-electron chi connectivity index (χ4n) is 14.6. The number of hydrogen-bond donors (Lipinski definition) is 9. The zero-order valence-corrected chi connectivity index (χ0v) is 75.0. The van der Waals surface area contributed by atoms with Gasteiger partial charge in [-0.3, -0.25) is 19.5 Å². The van der Waals surface area contributed by atoms with Gasteiger partial charge in [0.1, 0.15) is 52.1 Å². The Bertz CT molecular complexity index is 6990. The van der Waals surface area contributed by atoms with Gasteiger partial charge in [-0.2, -0.15) is 5.10 Å². The van der Waals surface area contributed by atoms with Crippen LogP contribution in [0.3, 0.4) is 0 Å². The van der Waals surface area contributed by atoms with Gasteiger partial charge in [0.2, 0.25) is 11.9 Å². The highest BCUT2D eigenvalue weighted by atomic mass is 32.1. The summed E-state index contributed by atoms with van der Waals surface area (Å²) < 4.78 is 35.3. The molecule has 0 spiro atoms. The van der Waals surface area contributed by atoms with E-state index < -0.39 is 6.10 Å². The molecule has 2 aliphatic rings. The standard InChI is InChI=1S/C28H29N3O4.C20H16N4O.C19H14FN3OS.C18H16N4O2.C18H19N3S/c1-31(2)16-5-17-35-21-11-8-19(9-12-21)25(32)13-10-20-6-4-7-23-27(20)22(28(33)30-23)18-24-26(34-3)14-15-29-24;1-14-18(19(24-25-14)15-8-4-2-5-9-15)17-12-13-21-20(23-17)22-16-10-6-3-7-11-16;20-13-4-1-3-12(9-13)19-16-10-14(6-7-17(16)22-23-19)21-18(24)11-15-5-2-8-25-15;1-9-10(2)21-17-13(20-9)5-4-12-16(17)11(18(23)22-12)8-14-15(24-3)6-7-19-14;1-3-5-16-21-17(13-7-4-6-12(2)10-13)18(22-16)14-8-9-20-15(19)11-14/h4,6-9,11-12,14-15,18,25,29,32H,5,16-17H2,1-3H3,(H,30,33);2-13H,1H3,(H,21,22,23);1-10H,11H2,(H,21,24)(H,22,23);4-8,19H,1-3H3,(H,22,23);4,6-11H,3,5H2,1-2H3,(H2,19,20)/b22-18-;;;11-8-;.